The van der Waals surface area contributed by atoms with Crippen molar-refractivity contribution in [2.75, 3.05) is 23.7 Å². The van der Waals surface area contributed by atoms with Crippen molar-refractivity contribution in [3.05, 3.63) is 10.4 Å². The minimum atomic E-state index is 0. The largest absolute Gasteiger partial charge is 0.368 e. The third-order valence-electron chi connectivity index (χ3n) is 4.65. The molecule has 1 aliphatic heterocycles. The molecule has 0 aromatic carbocycles. The molecule has 4 rings (SSSR count). The van der Waals surface area contributed by atoms with Gasteiger partial charge >= 0.3 is 0 Å². The Kier molecular flexibility index (Phi) is 4.18. The standard InChI is InChI=1S/C15H21N5S.ClH/c1-8-2-3-11-10(6-8)12-13(21-11)14(19-15(17)18-12)20-5-4-9(16)7-20;/h8-9H,2-7,16H2,1H3,(H2,17,18,19);1H/t8?,9-;/m1./s1. The van der Waals surface area contributed by atoms with Crippen LogP contribution in [-0.4, -0.2) is 29.1 Å². The van der Waals surface area contributed by atoms with Gasteiger partial charge in [0.2, 0.25) is 5.95 Å². The molecule has 2 aromatic rings. The third-order valence-corrected chi connectivity index (χ3v) is 5.93. The fourth-order valence-corrected chi connectivity index (χ4v) is 4.81. The topological polar surface area (TPSA) is 81.1 Å². The lowest BCUT2D eigenvalue weighted by Gasteiger charge is -2.18. The molecule has 2 aromatic heterocycles. The average Bonchev–Trinajstić information content (AvgIpc) is 3.02. The van der Waals surface area contributed by atoms with Crippen LogP contribution in [0.2, 0.25) is 0 Å². The predicted octanol–water partition coefficient (Wildman–Crippen LogP) is 2.36. The van der Waals surface area contributed by atoms with E-state index in [-0.39, 0.29) is 18.4 Å². The summed E-state index contributed by atoms with van der Waals surface area (Å²) in [4.78, 5) is 12.8. The zero-order valence-electron chi connectivity index (χ0n) is 12.7. The molecule has 0 bridgehead atoms. The number of nitrogen functional groups attached to an aromatic ring is 1. The monoisotopic (exact) mass is 339 g/mol. The second-order valence-electron chi connectivity index (χ2n) is 6.43. The van der Waals surface area contributed by atoms with Gasteiger partial charge in [0.1, 0.15) is 0 Å². The summed E-state index contributed by atoms with van der Waals surface area (Å²) in [5.74, 6) is 2.12. The molecule has 3 heterocycles. The summed E-state index contributed by atoms with van der Waals surface area (Å²) in [5.41, 5.74) is 14.5. The lowest BCUT2D eigenvalue weighted by molar-refractivity contribution is 0.508. The number of hydrogen-bond donors (Lipinski definition) is 2. The van der Waals surface area contributed by atoms with Gasteiger partial charge < -0.3 is 16.4 Å². The number of halogens is 1. The van der Waals surface area contributed by atoms with Gasteiger partial charge in [-0.2, -0.15) is 4.98 Å². The Hall–Kier alpha value is -1.11. The molecule has 22 heavy (non-hydrogen) atoms. The Labute approximate surface area is 140 Å². The SMILES string of the molecule is CC1CCc2sc3c(N4CC[C@@H](N)C4)nc(N)nc3c2C1.Cl. The average molecular weight is 340 g/mol. The molecule has 1 fully saturated rings. The van der Waals surface area contributed by atoms with Gasteiger partial charge in [0.15, 0.2) is 5.82 Å². The summed E-state index contributed by atoms with van der Waals surface area (Å²) in [6.45, 7) is 4.15. The maximum absolute atomic E-state index is 6.05. The molecule has 0 radical (unpaired) electrons. The Morgan fingerprint density at radius 1 is 1.27 bits per heavy atom. The van der Waals surface area contributed by atoms with Crippen LogP contribution in [0, 0.1) is 5.92 Å². The van der Waals surface area contributed by atoms with Crippen molar-refractivity contribution in [1.82, 2.24) is 9.97 Å². The van der Waals surface area contributed by atoms with Crippen LogP contribution in [0.1, 0.15) is 30.2 Å². The molecule has 120 valence electrons. The van der Waals surface area contributed by atoms with E-state index in [1.807, 2.05) is 11.3 Å². The highest BCUT2D eigenvalue weighted by molar-refractivity contribution is 7.19. The fraction of sp³-hybridized carbons (Fsp3) is 0.600. The van der Waals surface area contributed by atoms with E-state index in [2.05, 4.69) is 21.8 Å². The summed E-state index contributed by atoms with van der Waals surface area (Å²) < 4.78 is 1.21. The second-order valence-corrected chi connectivity index (χ2v) is 7.53. The van der Waals surface area contributed by atoms with Crippen LogP contribution in [-0.2, 0) is 12.8 Å². The number of hydrogen-bond acceptors (Lipinski definition) is 6. The molecule has 1 saturated heterocycles. The smallest absolute Gasteiger partial charge is 0.222 e. The van der Waals surface area contributed by atoms with Crippen molar-refractivity contribution >= 4 is 45.7 Å². The Bertz CT molecular complexity index is 701. The van der Waals surface area contributed by atoms with Crippen molar-refractivity contribution in [1.29, 1.82) is 0 Å². The first kappa shape index (κ1) is 15.8. The molecule has 1 unspecified atom stereocenters. The lowest BCUT2D eigenvalue weighted by Crippen LogP contribution is -2.27. The minimum Gasteiger partial charge on any atom is -0.368 e. The number of nitrogens with zero attached hydrogens (tertiary/aromatic N) is 3. The Morgan fingerprint density at radius 3 is 2.82 bits per heavy atom. The predicted molar refractivity (Wildman–Crippen MR) is 95.1 cm³/mol. The van der Waals surface area contributed by atoms with Gasteiger partial charge in [0, 0.05) is 24.0 Å². The van der Waals surface area contributed by atoms with E-state index in [1.54, 1.807) is 0 Å². The fourth-order valence-electron chi connectivity index (χ4n) is 3.51. The van der Waals surface area contributed by atoms with Crippen LogP contribution in [0.3, 0.4) is 0 Å². The summed E-state index contributed by atoms with van der Waals surface area (Å²) in [6, 6.07) is 0.242. The van der Waals surface area contributed by atoms with Crippen molar-refractivity contribution in [3.63, 3.8) is 0 Å². The van der Waals surface area contributed by atoms with E-state index in [0.717, 1.165) is 49.6 Å². The summed E-state index contributed by atoms with van der Waals surface area (Å²) in [7, 11) is 0. The van der Waals surface area contributed by atoms with Gasteiger partial charge in [-0.05, 0) is 37.2 Å². The van der Waals surface area contributed by atoms with Gasteiger partial charge in [0.25, 0.3) is 0 Å². The second kappa shape index (κ2) is 5.83. The molecular weight excluding hydrogens is 318 g/mol. The van der Waals surface area contributed by atoms with E-state index in [9.17, 15) is 0 Å². The summed E-state index contributed by atoms with van der Waals surface area (Å²) in [5, 5.41) is 0. The number of rotatable bonds is 1. The van der Waals surface area contributed by atoms with Crippen LogP contribution in [0.4, 0.5) is 11.8 Å². The Balaban J connectivity index is 0.00000144. The van der Waals surface area contributed by atoms with E-state index < -0.39 is 0 Å². The Morgan fingerprint density at radius 2 is 2.09 bits per heavy atom. The van der Waals surface area contributed by atoms with Gasteiger partial charge in [-0.3, -0.25) is 0 Å². The quantitative estimate of drug-likeness (QED) is 0.833. The maximum atomic E-state index is 6.05. The molecule has 2 aliphatic rings. The first-order valence-corrected chi connectivity index (χ1v) is 8.51. The normalized spacial score (nSPS) is 24.4. The van der Waals surface area contributed by atoms with Crippen molar-refractivity contribution < 1.29 is 0 Å². The van der Waals surface area contributed by atoms with Crippen LogP contribution < -0.4 is 16.4 Å². The zero-order chi connectivity index (χ0) is 14.6. The minimum absolute atomic E-state index is 0. The number of thiophene rings is 1. The number of aryl methyl sites for hydroxylation is 1. The van der Waals surface area contributed by atoms with E-state index >= 15 is 0 Å². The third kappa shape index (κ3) is 2.53. The van der Waals surface area contributed by atoms with Gasteiger partial charge in [-0.25, -0.2) is 4.98 Å². The van der Waals surface area contributed by atoms with Crippen LogP contribution >= 0.6 is 23.7 Å². The van der Waals surface area contributed by atoms with Gasteiger partial charge in [-0.1, -0.05) is 6.92 Å². The van der Waals surface area contributed by atoms with Crippen molar-refractivity contribution in [2.24, 2.45) is 11.7 Å². The number of fused-ring (bicyclic) bond motifs is 3. The molecule has 2 atom stereocenters. The number of nitrogens with two attached hydrogens (primary N) is 2. The van der Waals surface area contributed by atoms with Crippen molar-refractivity contribution in [3.8, 4) is 0 Å². The molecule has 4 N–H and O–H groups in total. The maximum Gasteiger partial charge on any atom is 0.222 e. The molecule has 0 spiro atoms. The van der Waals surface area contributed by atoms with Crippen molar-refractivity contribution in [2.45, 2.75) is 38.6 Å². The van der Waals surface area contributed by atoms with Crippen LogP contribution in [0.15, 0.2) is 0 Å². The lowest BCUT2D eigenvalue weighted by atomic mass is 9.89. The highest BCUT2D eigenvalue weighted by Crippen LogP contribution is 2.41. The van der Waals surface area contributed by atoms with Crippen LogP contribution in [0.25, 0.3) is 10.2 Å². The first-order chi connectivity index (χ1) is 10.1. The van der Waals surface area contributed by atoms with E-state index in [1.165, 1.54) is 21.6 Å². The highest BCUT2D eigenvalue weighted by Gasteiger charge is 2.27. The molecule has 0 amide bonds. The molecule has 1 aliphatic carbocycles. The summed E-state index contributed by atoms with van der Waals surface area (Å²) in [6.07, 6.45) is 4.57. The highest BCUT2D eigenvalue weighted by atomic mass is 35.5. The van der Waals surface area contributed by atoms with Gasteiger partial charge in [0.05, 0.1) is 10.2 Å². The number of aromatic nitrogens is 2. The molecule has 5 nitrogen and oxygen atoms in total. The first-order valence-electron chi connectivity index (χ1n) is 7.70. The molecular formula is C15H22ClN5S. The van der Waals surface area contributed by atoms with Gasteiger partial charge in [-0.15, -0.1) is 23.7 Å². The molecule has 0 saturated carbocycles. The zero-order valence-corrected chi connectivity index (χ0v) is 14.3. The number of anilines is 2. The van der Waals surface area contributed by atoms with E-state index in [4.69, 9.17) is 11.5 Å². The van der Waals surface area contributed by atoms with Crippen LogP contribution in [0.5, 0.6) is 0 Å². The summed E-state index contributed by atoms with van der Waals surface area (Å²) >= 11 is 1.86. The van der Waals surface area contributed by atoms with E-state index in [0.29, 0.717) is 5.95 Å². The molecule has 7 heteroatoms.